The van der Waals surface area contributed by atoms with Crippen molar-refractivity contribution >= 4 is 23.3 Å². The van der Waals surface area contributed by atoms with Crippen LogP contribution < -0.4 is 0 Å². The molecule has 4 heteroatoms. The molecule has 166 valence electrons. The predicted octanol–water partition coefficient (Wildman–Crippen LogP) is 7.68. The molecule has 0 amide bonds. The number of allylic oxidation sites excluding steroid dienone is 2. The summed E-state index contributed by atoms with van der Waals surface area (Å²) in [6.45, 7) is 12.3. The van der Waals surface area contributed by atoms with Crippen LogP contribution in [0.3, 0.4) is 0 Å². The van der Waals surface area contributed by atoms with Crippen molar-refractivity contribution in [3.8, 4) is 0 Å². The number of benzene rings is 2. The number of aliphatic carboxylic acids is 1. The summed E-state index contributed by atoms with van der Waals surface area (Å²) in [5.74, 6) is -0.958. The van der Waals surface area contributed by atoms with Gasteiger partial charge in [0.15, 0.2) is 6.10 Å². The Balaban J connectivity index is 2.10. The van der Waals surface area contributed by atoms with Crippen LogP contribution in [0.15, 0.2) is 58.3 Å². The van der Waals surface area contributed by atoms with E-state index in [4.69, 9.17) is 4.74 Å². The Morgan fingerprint density at radius 1 is 1.16 bits per heavy atom. The van der Waals surface area contributed by atoms with Crippen LogP contribution in [0.4, 0.5) is 0 Å². The Labute approximate surface area is 190 Å². The second kappa shape index (κ2) is 9.22. The molecule has 31 heavy (non-hydrogen) atoms. The summed E-state index contributed by atoms with van der Waals surface area (Å²) in [4.78, 5) is 14.3. The molecule has 0 saturated heterocycles. The second-order valence-corrected chi connectivity index (χ2v) is 11.3. The molecule has 0 radical (unpaired) electrons. The maximum Gasteiger partial charge on any atom is 0.337 e. The Morgan fingerprint density at radius 3 is 2.39 bits per heavy atom. The largest absolute Gasteiger partial charge is 0.479 e. The number of hydrogen-bond acceptors (Lipinski definition) is 3. The fourth-order valence-corrected chi connectivity index (χ4v) is 4.89. The van der Waals surface area contributed by atoms with Gasteiger partial charge in [0, 0.05) is 9.79 Å². The maximum absolute atomic E-state index is 12.1. The average molecular weight is 439 g/mol. The zero-order valence-corrected chi connectivity index (χ0v) is 20.3. The van der Waals surface area contributed by atoms with E-state index in [2.05, 4.69) is 38.1 Å². The minimum atomic E-state index is -0.997. The summed E-state index contributed by atoms with van der Waals surface area (Å²) in [7, 11) is 0. The van der Waals surface area contributed by atoms with Gasteiger partial charge < -0.3 is 9.84 Å². The number of carbonyl (C=O) groups is 1. The maximum atomic E-state index is 12.1. The first kappa shape index (κ1) is 23.6. The van der Waals surface area contributed by atoms with Crippen LogP contribution in [-0.2, 0) is 9.53 Å². The van der Waals surface area contributed by atoms with Crippen molar-refractivity contribution in [1.82, 2.24) is 0 Å². The van der Waals surface area contributed by atoms with Gasteiger partial charge in [0.25, 0.3) is 0 Å². The van der Waals surface area contributed by atoms with E-state index >= 15 is 0 Å². The van der Waals surface area contributed by atoms with Crippen LogP contribution in [0.2, 0.25) is 0 Å². The van der Waals surface area contributed by atoms with Crippen LogP contribution >= 0.6 is 11.8 Å². The Bertz CT molecular complexity index is 968. The molecule has 2 aromatic carbocycles. The zero-order valence-electron chi connectivity index (χ0n) is 19.5. The molecule has 0 bridgehead atoms. The van der Waals surface area contributed by atoms with E-state index in [-0.39, 0.29) is 0 Å². The monoisotopic (exact) mass is 438 g/mol. The number of hydrogen-bond donors (Lipinski definition) is 1. The summed E-state index contributed by atoms with van der Waals surface area (Å²) in [5, 5.41) is 9.93. The highest BCUT2D eigenvalue weighted by Gasteiger charge is 2.30. The summed E-state index contributed by atoms with van der Waals surface area (Å²) in [6.07, 6.45) is 4.62. The van der Waals surface area contributed by atoms with Gasteiger partial charge in [0.1, 0.15) is 0 Å². The summed E-state index contributed by atoms with van der Waals surface area (Å²) >= 11 is 1.69. The molecule has 1 N–H and O–H groups in total. The molecule has 0 fully saturated rings. The van der Waals surface area contributed by atoms with E-state index in [1.165, 1.54) is 11.1 Å². The fraction of sp³-hybridized carbons (Fsp3) is 0.444. The van der Waals surface area contributed by atoms with Crippen LogP contribution in [0.25, 0.3) is 5.57 Å². The third kappa shape index (κ3) is 6.24. The lowest BCUT2D eigenvalue weighted by molar-refractivity contribution is -0.160. The Kier molecular flexibility index (Phi) is 7.02. The molecule has 1 atom stereocenters. The van der Waals surface area contributed by atoms with Gasteiger partial charge in [-0.3, -0.25) is 0 Å². The molecule has 0 spiro atoms. The van der Waals surface area contributed by atoms with E-state index < -0.39 is 17.7 Å². The normalized spacial score (nSPS) is 17.2. The molecule has 2 aromatic rings. The molecule has 0 aromatic heterocycles. The van der Waals surface area contributed by atoms with Gasteiger partial charge in [-0.15, -0.1) is 0 Å². The third-order valence-corrected chi connectivity index (χ3v) is 6.70. The number of carboxylic acids is 1. The van der Waals surface area contributed by atoms with Crippen molar-refractivity contribution in [3.63, 3.8) is 0 Å². The van der Waals surface area contributed by atoms with Gasteiger partial charge in [0.05, 0.1) is 5.60 Å². The molecule has 0 heterocycles. The minimum Gasteiger partial charge on any atom is -0.479 e. The highest BCUT2D eigenvalue weighted by Crippen LogP contribution is 2.43. The topological polar surface area (TPSA) is 46.5 Å². The van der Waals surface area contributed by atoms with Crippen molar-refractivity contribution in [3.05, 3.63) is 65.2 Å². The highest BCUT2D eigenvalue weighted by atomic mass is 32.2. The fourth-order valence-electron chi connectivity index (χ4n) is 3.86. The van der Waals surface area contributed by atoms with Crippen LogP contribution in [0, 0.1) is 12.3 Å². The van der Waals surface area contributed by atoms with Crippen molar-refractivity contribution in [2.45, 2.75) is 82.3 Å². The van der Waals surface area contributed by atoms with E-state index in [0.29, 0.717) is 5.41 Å². The molecule has 3 rings (SSSR count). The molecule has 1 aliphatic rings. The van der Waals surface area contributed by atoms with Crippen molar-refractivity contribution in [2.24, 2.45) is 5.41 Å². The quantitative estimate of drug-likeness (QED) is 0.502. The predicted molar refractivity (Wildman–Crippen MR) is 129 cm³/mol. The summed E-state index contributed by atoms with van der Waals surface area (Å²) in [5.41, 5.74) is 4.02. The highest BCUT2D eigenvalue weighted by molar-refractivity contribution is 7.99. The third-order valence-electron chi connectivity index (χ3n) is 5.64. The number of rotatable bonds is 6. The minimum absolute atomic E-state index is 0.334. The standard InChI is InChI=1S/C27H34O3S/c1-18-16-22(19-12-14-27(5,6)15-13-19)23(31-20-10-8-7-9-11-20)17-21(18)24(25(28)29)30-26(2,3)4/h7-12,16-17,24H,13-15H2,1-6H3,(H,28,29). The number of aryl methyl sites for hydroxylation is 1. The average Bonchev–Trinajstić information content (AvgIpc) is 2.67. The number of carboxylic acid groups (broad SMARTS) is 1. The van der Waals surface area contributed by atoms with Crippen LogP contribution in [0.5, 0.6) is 0 Å². The van der Waals surface area contributed by atoms with Crippen molar-refractivity contribution in [1.29, 1.82) is 0 Å². The van der Waals surface area contributed by atoms with Gasteiger partial charge >= 0.3 is 5.97 Å². The second-order valence-electron chi connectivity index (χ2n) is 10.2. The Morgan fingerprint density at radius 2 is 1.84 bits per heavy atom. The number of ether oxygens (including phenoxy) is 1. The lowest BCUT2D eigenvalue weighted by Gasteiger charge is -2.30. The summed E-state index contributed by atoms with van der Waals surface area (Å²) in [6, 6.07) is 14.4. The van der Waals surface area contributed by atoms with E-state index in [1.54, 1.807) is 11.8 Å². The van der Waals surface area contributed by atoms with Gasteiger partial charge in [-0.1, -0.05) is 56.0 Å². The van der Waals surface area contributed by atoms with Gasteiger partial charge in [0.2, 0.25) is 0 Å². The molecule has 3 nitrogen and oxygen atoms in total. The van der Waals surface area contributed by atoms with Gasteiger partial charge in [-0.2, -0.15) is 0 Å². The van der Waals surface area contributed by atoms with Gasteiger partial charge in [-0.25, -0.2) is 4.79 Å². The lowest BCUT2D eigenvalue weighted by Crippen LogP contribution is -2.28. The molecular formula is C27H34O3S. The van der Waals surface area contributed by atoms with Crippen molar-refractivity contribution in [2.75, 3.05) is 0 Å². The van der Waals surface area contributed by atoms with Gasteiger partial charge in [-0.05, 0) is 92.8 Å². The lowest BCUT2D eigenvalue weighted by atomic mass is 9.77. The molecular weight excluding hydrogens is 404 g/mol. The zero-order chi connectivity index (χ0) is 22.8. The first-order valence-corrected chi connectivity index (χ1v) is 11.7. The van der Waals surface area contributed by atoms with E-state index in [1.807, 2.05) is 52.0 Å². The van der Waals surface area contributed by atoms with Crippen molar-refractivity contribution < 1.29 is 14.6 Å². The van der Waals surface area contributed by atoms with E-state index in [9.17, 15) is 9.90 Å². The van der Waals surface area contributed by atoms with E-state index in [0.717, 1.165) is 40.2 Å². The Hall–Kier alpha value is -2.04. The SMILES string of the molecule is Cc1cc(C2=CCC(C)(C)CC2)c(Sc2ccccc2)cc1C(OC(C)(C)C)C(=O)O. The first-order valence-electron chi connectivity index (χ1n) is 10.9. The summed E-state index contributed by atoms with van der Waals surface area (Å²) < 4.78 is 5.96. The smallest absolute Gasteiger partial charge is 0.337 e. The molecule has 0 saturated carbocycles. The molecule has 0 aliphatic heterocycles. The van der Waals surface area contributed by atoms with Crippen LogP contribution in [-0.4, -0.2) is 16.7 Å². The molecule has 1 aliphatic carbocycles. The molecule has 1 unspecified atom stereocenters. The van der Waals surface area contributed by atoms with Crippen LogP contribution in [0.1, 0.15) is 76.7 Å². The first-order chi connectivity index (χ1) is 14.5.